The van der Waals surface area contributed by atoms with E-state index in [0.717, 1.165) is 30.8 Å². The van der Waals surface area contributed by atoms with Gasteiger partial charge in [-0.2, -0.15) is 5.10 Å². The Morgan fingerprint density at radius 1 is 1.46 bits per heavy atom. The zero-order valence-corrected chi connectivity index (χ0v) is 13.4. The third-order valence-corrected chi connectivity index (χ3v) is 4.43. The van der Waals surface area contributed by atoms with Crippen molar-refractivity contribution in [2.24, 2.45) is 0 Å². The minimum absolute atomic E-state index is 0.161. The van der Waals surface area contributed by atoms with Crippen LogP contribution in [0.1, 0.15) is 39.8 Å². The highest BCUT2D eigenvalue weighted by Crippen LogP contribution is 2.24. The minimum atomic E-state index is -0.161. The quantitative estimate of drug-likeness (QED) is 0.680. The van der Waals surface area contributed by atoms with Gasteiger partial charge in [0.15, 0.2) is 11.5 Å². The molecule has 4 rings (SSSR count). The van der Waals surface area contributed by atoms with E-state index in [9.17, 15) is 4.79 Å². The van der Waals surface area contributed by atoms with Crippen LogP contribution in [0.5, 0.6) is 0 Å². The number of amides is 1. The van der Waals surface area contributed by atoms with Crippen molar-refractivity contribution in [1.29, 1.82) is 0 Å². The Morgan fingerprint density at radius 3 is 3.21 bits per heavy atom. The lowest BCUT2D eigenvalue weighted by molar-refractivity contribution is 0.0952. The van der Waals surface area contributed by atoms with Gasteiger partial charge in [-0.25, -0.2) is 4.98 Å². The third-order valence-electron chi connectivity index (χ3n) is 4.43. The summed E-state index contributed by atoms with van der Waals surface area (Å²) in [5.74, 6) is 0.822. The number of nitrogens with zero attached hydrogens (tertiary/aromatic N) is 2. The number of para-hydroxylation sites is 1. The van der Waals surface area contributed by atoms with Crippen LogP contribution in [0.2, 0.25) is 0 Å². The van der Waals surface area contributed by atoms with Crippen LogP contribution in [0, 0.1) is 6.92 Å². The number of carbonyl (C=O) groups excluding carboxylic acids is 1. The largest absolute Gasteiger partial charge is 0.441 e. The molecular weight excluding hydrogens is 306 g/mol. The fraction of sp³-hybridized carbons (Fsp3) is 0.353. The summed E-state index contributed by atoms with van der Waals surface area (Å²) >= 11 is 0. The molecule has 3 aromatic rings. The molecule has 124 valence electrons. The van der Waals surface area contributed by atoms with Gasteiger partial charge < -0.3 is 15.1 Å². The standard InChI is InChI=1S/C17H19N5O2/c1-10-21-16-13(3-2-4-14(16)24-10)17(23)19-8-12-9-20-22-15(12)11-5-6-18-7-11/h2-4,9,11,18H,5-8H2,1H3,(H,19,23)(H,20,22). The van der Waals surface area contributed by atoms with Crippen LogP contribution in [0.25, 0.3) is 11.1 Å². The van der Waals surface area contributed by atoms with E-state index in [2.05, 4.69) is 25.8 Å². The first-order valence-electron chi connectivity index (χ1n) is 8.09. The average molecular weight is 325 g/mol. The molecule has 1 aromatic carbocycles. The number of rotatable bonds is 4. The summed E-state index contributed by atoms with van der Waals surface area (Å²) in [5, 5.41) is 13.5. The molecule has 2 aromatic heterocycles. The topological polar surface area (TPSA) is 95.8 Å². The summed E-state index contributed by atoms with van der Waals surface area (Å²) in [6, 6.07) is 5.37. The molecule has 7 heteroatoms. The van der Waals surface area contributed by atoms with Crippen molar-refractivity contribution in [1.82, 2.24) is 25.8 Å². The second-order valence-corrected chi connectivity index (χ2v) is 6.07. The van der Waals surface area contributed by atoms with Gasteiger partial charge in [0, 0.05) is 37.2 Å². The Balaban J connectivity index is 1.51. The van der Waals surface area contributed by atoms with Crippen LogP contribution in [-0.4, -0.2) is 34.2 Å². The molecule has 3 N–H and O–H groups in total. The lowest BCUT2D eigenvalue weighted by atomic mass is 10.0. The fourth-order valence-corrected chi connectivity index (χ4v) is 3.23. The Morgan fingerprint density at radius 2 is 2.38 bits per heavy atom. The van der Waals surface area contributed by atoms with E-state index in [1.165, 1.54) is 0 Å². The van der Waals surface area contributed by atoms with Crippen LogP contribution < -0.4 is 10.6 Å². The predicted molar refractivity (Wildman–Crippen MR) is 88.7 cm³/mol. The van der Waals surface area contributed by atoms with Gasteiger partial charge in [0.05, 0.1) is 11.8 Å². The summed E-state index contributed by atoms with van der Waals surface area (Å²) in [5.41, 5.74) is 3.88. The second-order valence-electron chi connectivity index (χ2n) is 6.07. The van der Waals surface area contributed by atoms with E-state index in [-0.39, 0.29) is 5.91 Å². The Kier molecular flexibility index (Phi) is 3.78. The first kappa shape index (κ1) is 14.9. The Labute approximate surface area is 138 Å². The van der Waals surface area contributed by atoms with Crippen molar-refractivity contribution in [2.75, 3.05) is 13.1 Å². The van der Waals surface area contributed by atoms with Crippen LogP contribution in [0.3, 0.4) is 0 Å². The molecule has 1 unspecified atom stereocenters. The molecule has 3 heterocycles. The van der Waals surface area contributed by atoms with Gasteiger partial charge >= 0.3 is 0 Å². The first-order valence-corrected chi connectivity index (χ1v) is 8.09. The van der Waals surface area contributed by atoms with E-state index in [0.29, 0.717) is 35.0 Å². The van der Waals surface area contributed by atoms with E-state index >= 15 is 0 Å². The molecule has 0 radical (unpaired) electrons. The monoisotopic (exact) mass is 325 g/mol. The van der Waals surface area contributed by atoms with E-state index < -0.39 is 0 Å². The molecule has 1 fully saturated rings. The van der Waals surface area contributed by atoms with Gasteiger partial charge in [-0.05, 0) is 25.1 Å². The fourth-order valence-electron chi connectivity index (χ4n) is 3.23. The zero-order valence-electron chi connectivity index (χ0n) is 13.4. The molecule has 7 nitrogen and oxygen atoms in total. The minimum Gasteiger partial charge on any atom is -0.441 e. The van der Waals surface area contributed by atoms with Crippen molar-refractivity contribution in [3.05, 3.63) is 47.1 Å². The number of benzene rings is 1. The summed E-state index contributed by atoms with van der Waals surface area (Å²) in [6.07, 6.45) is 2.87. The SMILES string of the molecule is Cc1nc2c(C(=O)NCc3cn[nH]c3C3CCNC3)cccc2o1. The van der Waals surface area contributed by atoms with E-state index in [1.54, 1.807) is 25.3 Å². The maximum atomic E-state index is 12.6. The molecule has 1 saturated heterocycles. The van der Waals surface area contributed by atoms with Crippen LogP contribution in [0.15, 0.2) is 28.8 Å². The summed E-state index contributed by atoms with van der Waals surface area (Å²) in [6.45, 7) is 4.17. The lowest BCUT2D eigenvalue weighted by Gasteiger charge is -2.10. The molecule has 0 bridgehead atoms. The van der Waals surface area contributed by atoms with Gasteiger partial charge in [-0.3, -0.25) is 9.89 Å². The number of carbonyl (C=O) groups is 1. The Hall–Kier alpha value is -2.67. The number of hydrogen-bond acceptors (Lipinski definition) is 5. The summed E-state index contributed by atoms with van der Waals surface area (Å²) in [4.78, 5) is 16.9. The van der Waals surface area contributed by atoms with Crippen LogP contribution in [0.4, 0.5) is 0 Å². The van der Waals surface area contributed by atoms with Gasteiger partial charge in [-0.15, -0.1) is 0 Å². The molecule has 1 amide bonds. The number of H-pyrrole nitrogens is 1. The molecule has 24 heavy (non-hydrogen) atoms. The van der Waals surface area contributed by atoms with Crippen molar-refractivity contribution in [2.45, 2.75) is 25.8 Å². The molecule has 1 aliphatic heterocycles. The van der Waals surface area contributed by atoms with Crippen molar-refractivity contribution >= 4 is 17.0 Å². The smallest absolute Gasteiger partial charge is 0.253 e. The molecule has 0 saturated carbocycles. The maximum Gasteiger partial charge on any atom is 0.253 e. The Bertz CT molecular complexity index is 876. The van der Waals surface area contributed by atoms with Gasteiger partial charge in [0.1, 0.15) is 5.52 Å². The van der Waals surface area contributed by atoms with Crippen molar-refractivity contribution < 1.29 is 9.21 Å². The maximum absolute atomic E-state index is 12.6. The third kappa shape index (κ3) is 2.67. The van der Waals surface area contributed by atoms with Crippen LogP contribution in [-0.2, 0) is 6.54 Å². The normalized spacial score (nSPS) is 17.5. The molecule has 0 spiro atoms. The number of fused-ring (bicyclic) bond motifs is 1. The van der Waals surface area contributed by atoms with Gasteiger partial charge in [0.2, 0.25) is 0 Å². The van der Waals surface area contributed by atoms with Crippen LogP contribution >= 0.6 is 0 Å². The first-order chi connectivity index (χ1) is 11.7. The number of aryl methyl sites for hydroxylation is 1. The molecular formula is C17H19N5O2. The number of aromatic nitrogens is 3. The number of hydrogen-bond donors (Lipinski definition) is 3. The molecule has 1 atom stereocenters. The second kappa shape index (κ2) is 6.09. The van der Waals surface area contributed by atoms with E-state index in [1.807, 2.05) is 6.07 Å². The number of oxazole rings is 1. The summed E-state index contributed by atoms with van der Waals surface area (Å²) < 4.78 is 5.48. The zero-order chi connectivity index (χ0) is 16.5. The predicted octanol–water partition coefficient (Wildman–Crippen LogP) is 1.87. The lowest BCUT2D eigenvalue weighted by Crippen LogP contribution is -2.24. The number of aromatic amines is 1. The highest BCUT2D eigenvalue weighted by molar-refractivity contribution is 6.04. The molecule has 1 aliphatic rings. The molecule has 0 aliphatic carbocycles. The number of nitrogens with one attached hydrogen (secondary N) is 3. The van der Waals surface area contributed by atoms with E-state index in [4.69, 9.17) is 4.42 Å². The summed E-state index contributed by atoms with van der Waals surface area (Å²) in [7, 11) is 0. The van der Waals surface area contributed by atoms with Gasteiger partial charge in [-0.1, -0.05) is 6.07 Å². The average Bonchev–Trinajstić information content (AvgIpc) is 3.30. The van der Waals surface area contributed by atoms with Gasteiger partial charge in [0.25, 0.3) is 5.91 Å². The highest BCUT2D eigenvalue weighted by atomic mass is 16.3. The van der Waals surface area contributed by atoms with Crippen molar-refractivity contribution in [3.8, 4) is 0 Å². The highest BCUT2D eigenvalue weighted by Gasteiger charge is 2.22. The van der Waals surface area contributed by atoms with Crippen molar-refractivity contribution in [3.63, 3.8) is 0 Å².